The molecule has 1 atom stereocenters. The summed E-state index contributed by atoms with van der Waals surface area (Å²) in [6.45, 7) is 10.4. The van der Waals surface area contributed by atoms with Crippen molar-refractivity contribution in [1.82, 2.24) is 15.5 Å². The van der Waals surface area contributed by atoms with Crippen molar-refractivity contribution in [3.8, 4) is 0 Å². The molecule has 20 heavy (non-hydrogen) atoms. The number of nitrogens with zero attached hydrogens (tertiary/aromatic N) is 1. The highest BCUT2D eigenvalue weighted by Gasteiger charge is 2.32. The van der Waals surface area contributed by atoms with E-state index in [1.165, 1.54) is 25.7 Å². The highest BCUT2D eigenvalue weighted by Crippen LogP contribution is 2.28. The lowest BCUT2D eigenvalue weighted by Crippen LogP contribution is -2.45. The molecule has 1 unspecified atom stereocenters. The Morgan fingerprint density at radius 2 is 1.85 bits per heavy atom. The number of piperidine rings is 1. The highest BCUT2D eigenvalue weighted by molar-refractivity contribution is 5.78. The topological polar surface area (TPSA) is 44.4 Å². The third-order valence-corrected chi connectivity index (χ3v) is 4.75. The Kier molecular flexibility index (Phi) is 5.85. The molecule has 2 fully saturated rings. The molecule has 1 saturated heterocycles. The molecule has 1 aliphatic heterocycles. The van der Waals surface area contributed by atoms with Crippen LogP contribution in [0.3, 0.4) is 0 Å². The van der Waals surface area contributed by atoms with Crippen LogP contribution >= 0.6 is 0 Å². The lowest BCUT2D eigenvalue weighted by Gasteiger charge is -2.30. The fraction of sp³-hybridized carbons (Fsp3) is 0.938. The molecule has 1 saturated carbocycles. The van der Waals surface area contributed by atoms with E-state index in [4.69, 9.17) is 0 Å². The molecule has 2 aliphatic rings. The lowest BCUT2D eigenvalue weighted by molar-refractivity contribution is -0.123. The van der Waals surface area contributed by atoms with Crippen molar-refractivity contribution in [1.29, 1.82) is 0 Å². The SMILES string of the molecule is CC(C)C(C)NC(=O)CN(CC1CCNCC1)C1CC1. The highest BCUT2D eigenvalue weighted by atomic mass is 16.2. The number of nitrogens with one attached hydrogen (secondary N) is 2. The van der Waals surface area contributed by atoms with Crippen LogP contribution in [0.4, 0.5) is 0 Å². The second-order valence-electron chi connectivity index (χ2n) is 6.95. The van der Waals surface area contributed by atoms with Crippen LogP contribution in [0.1, 0.15) is 46.5 Å². The van der Waals surface area contributed by atoms with Crippen molar-refractivity contribution in [2.24, 2.45) is 11.8 Å². The Bertz CT molecular complexity index is 309. The van der Waals surface area contributed by atoms with Crippen molar-refractivity contribution in [3.63, 3.8) is 0 Å². The first kappa shape index (κ1) is 15.8. The van der Waals surface area contributed by atoms with E-state index < -0.39 is 0 Å². The molecular weight excluding hydrogens is 250 g/mol. The monoisotopic (exact) mass is 281 g/mol. The number of amides is 1. The minimum Gasteiger partial charge on any atom is -0.352 e. The second-order valence-corrected chi connectivity index (χ2v) is 6.95. The summed E-state index contributed by atoms with van der Waals surface area (Å²) in [5.41, 5.74) is 0. The maximum Gasteiger partial charge on any atom is 0.234 e. The number of hydrogen-bond donors (Lipinski definition) is 2. The minimum atomic E-state index is 0.201. The normalized spacial score (nSPS) is 22.2. The quantitative estimate of drug-likeness (QED) is 0.745. The van der Waals surface area contributed by atoms with Gasteiger partial charge in [0.25, 0.3) is 0 Å². The third kappa shape index (κ3) is 5.06. The standard InChI is InChI=1S/C16H31N3O/c1-12(2)13(3)18-16(20)11-19(15-4-5-15)10-14-6-8-17-9-7-14/h12-15,17H,4-11H2,1-3H3,(H,18,20). The van der Waals surface area contributed by atoms with E-state index in [0.717, 1.165) is 25.6 Å². The second kappa shape index (κ2) is 7.41. The van der Waals surface area contributed by atoms with Crippen LogP contribution < -0.4 is 10.6 Å². The predicted octanol–water partition coefficient (Wildman–Crippen LogP) is 1.61. The molecule has 116 valence electrons. The molecule has 4 nitrogen and oxygen atoms in total. The zero-order valence-electron chi connectivity index (χ0n) is 13.3. The third-order valence-electron chi connectivity index (χ3n) is 4.75. The van der Waals surface area contributed by atoms with Crippen molar-refractivity contribution in [2.45, 2.75) is 58.5 Å². The summed E-state index contributed by atoms with van der Waals surface area (Å²) < 4.78 is 0. The zero-order valence-corrected chi connectivity index (χ0v) is 13.3. The molecule has 2 N–H and O–H groups in total. The van der Waals surface area contributed by atoms with E-state index >= 15 is 0 Å². The average Bonchev–Trinajstić information content (AvgIpc) is 3.23. The van der Waals surface area contributed by atoms with E-state index in [-0.39, 0.29) is 11.9 Å². The van der Waals surface area contributed by atoms with E-state index in [1.807, 2.05) is 0 Å². The molecule has 0 radical (unpaired) electrons. The van der Waals surface area contributed by atoms with Gasteiger partial charge in [0.2, 0.25) is 5.91 Å². The largest absolute Gasteiger partial charge is 0.352 e. The summed E-state index contributed by atoms with van der Waals surface area (Å²) in [6, 6.07) is 0.937. The first-order chi connectivity index (χ1) is 9.56. The Morgan fingerprint density at radius 3 is 2.40 bits per heavy atom. The number of carbonyl (C=O) groups excluding carboxylic acids is 1. The van der Waals surface area contributed by atoms with E-state index in [9.17, 15) is 4.79 Å². The summed E-state index contributed by atoms with van der Waals surface area (Å²) in [5, 5.41) is 6.55. The summed E-state index contributed by atoms with van der Waals surface area (Å²) >= 11 is 0. The Balaban J connectivity index is 1.78. The van der Waals surface area contributed by atoms with Crippen LogP contribution in [-0.4, -0.2) is 49.1 Å². The Hall–Kier alpha value is -0.610. The smallest absolute Gasteiger partial charge is 0.234 e. The molecule has 0 aromatic rings. The van der Waals surface area contributed by atoms with Crippen molar-refractivity contribution >= 4 is 5.91 Å². The van der Waals surface area contributed by atoms with Gasteiger partial charge < -0.3 is 10.6 Å². The number of hydrogen-bond acceptors (Lipinski definition) is 3. The number of carbonyl (C=O) groups is 1. The van der Waals surface area contributed by atoms with Crippen LogP contribution in [0.2, 0.25) is 0 Å². The summed E-state index contributed by atoms with van der Waals surface area (Å²) in [5.74, 6) is 1.47. The maximum atomic E-state index is 12.2. The maximum absolute atomic E-state index is 12.2. The molecule has 0 bridgehead atoms. The summed E-state index contributed by atoms with van der Waals surface area (Å²) in [7, 11) is 0. The van der Waals surface area contributed by atoms with Gasteiger partial charge in [-0.05, 0) is 57.5 Å². The zero-order chi connectivity index (χ0) is 14.5. The van der Waals surface area contributed by atoms with Gasteiger partial charge in [-0.2, -0.15) is 0 Å². The first-order valence-electron chi connectivity index (χ1n) is 8.30. The fourth-order valence-corrected chi connectivity index (χ4v) is 2.83. The van der Waals surface area contributed by atoms with E-state index in [0.29, 0.717) is 18.5 Å². The fourth-order valence-electron chi connectivity index (χ4n) is 2.83. The van der Waals surface area contributed by atoms with Gasteiger partial charge in [0.15, 0.2) is 0 Å². The van der Waals surface area contributed by atoms with Gasteiger partial charge in [-0.1, -0.05) is 13.8 Å². The van der Waals surface area contributed by atoms with Gasteiger partial charge in [0.05, 0.1) is 6.54 Å². The minimum absolute atomic E-state index is 0.201. The molecule has 1 aliphatic carbocycles. The van der Waals surface area contributed by atoms with Crippen molar-refractivity contribution in [2.75, 3.05) is 26.2 Å². The predicted molar refractivity (Wildman–Crippen MR) is 82.6 cm³/mol. The molecule has 2 rings (SSSR count). The van der Waals surface area contributed by atoms with E-state index in [2.05, 4.69) is 36.3 Å². The molecule has 0 spiro atoms. The first-order valence-corrected chi connectivity index (χ1v) is 8.30. The van der Waals surface area contributed by atoms with Gasteiger partial charge in [-0.15, -0.1) is 0 Å². The molecule has 1 heterocycles. The molecule has 0 aromatic carbocycles. The van der Waals surface area contributed by atoms with Gasteiger partial charge in [-0.25, -0.2) is 0 Å². The average molecular weight is 281 g/mol. The van der Waals surface area contributed by atoms with Crippen LogP contribution in [0.5, 0.6) is 0 Å². The molecule has 1 amide bonds. The van der Waals surface area contributed by atoms with Crippen LogP contribution in [0.15, 0.2) is 0 Å². The van der Waals surface area contributed by atoms with E-state index in [1.54, 1.807) is 0 Å². The van der Waals surface area contributed by atoms with Crippen LogP contribution in [-0.2, 0) is 4.79 Å². The Labute approximate surface area is 123 Å². The summed E-state index contributed by atoms with van der Waals surface area (Å²) in [4.78, 5) is 14.6. The molecule has 4 heteroatoms. The van der Waals surface area contributed by atoms with Crippen LogP contribution in [0, 0.1) is 11.8 Å². The molecule has 0 aromatic heterocycles. The van der Waals surface area contributed by atoms with Gasteiger partial charge in [-0.3, -0.25) is 9.69 Å². The molecular formula is C16H31N3O. The van der Waals surface area contributed by atoms with Crippen molar-refractivity contribution < 1.29 is 4.79 Å². The Morgan fingerprint density at radius 1 is 1.20 bits per heavy atom. The summed E-state index contributed by atoms with van der Waals surface area (Å²) in [6.07, 6.45) is 5.07. The van der Waals surface area contributed by atoms with Gasteiger partial charge in [0.1, 0.15) is 0 Å². The van der Waals surface area contributed by atoms with Crippen molar-refractivity contribution in [3.05, 3.63) is 0 Å². The number of rotatable bonds is 7. The van der Waals surface area contributed by atoms with Crippen LogP contribution in [0.25, 0.3) is 0 Å². The van der Waals surface area contributed by atoms with Gasteiger partial charge in [0, 0.05) is 18.6 Å². The lowest BCUT2D eigenvalue weighted by atomic mass is 9.97. The van der Waals surface area contributed by atoms with Gasteiger partial charge >= 0.3 is 0 Å².